The molecule has 3 heteroatoms. The fourth-order valence-electron chi connectivity index (χ4n) is 1.38. The average molecular weight is 228 g/mol. The summed E-state index contributed by atoms with van der Waals surface area (Å²) in [5, 5.41) is 11.1. The molecule has 0 radical (unpaired) electrons. The van der Waals surface area contributed by atoms with Crippen LogP contribution >= 0.6 is 11.6 Å². The minimum atomic E-state index is -0.980. The summed E-state index contributed by atoms with van der Waals surface area (Å²) in [7, 11) is 0. The minimum Gasteiger partial charge on any atom is -0.385 e. The normalized spacial score (nSPS) is 16.1. The van der Waals surface area contributed by atoms with E-state index < -0.39 is 11.0 Å². The molecule has 2 nitrogen and oxygen atoms in total. The van der Waals surface area contributed by atoms with Gasteiger partial charge >= 0.3 is 0 Å². The van der Waals surface area contributed by atoms with Gasteiger partial charge in [-0.15, -0.1) is 0 Å². The largest absolute Gasteiger partial charge is 0.385 e. The van der Waals surface area contributed by atoms with Crippen molar-refractivity contribution in [3.05, 3.63) is 34.9 Å². The number of hydrogen-bond acceptors (Lipinski definition) is 2. The van der Waals surface area contributed by atoms with E-state index in [2.05, 4.69) is 0 Å². The zero-order valence-electron chi connectivity index (χ0n) is 9.42. The zero-order valence-corrected chi connectivity index (χ0v) is 10.2. The molecule has 0 fully saturated rings. The van der Waals surface area contributed by atoms with Gasteiger partial charge in [0.15, 0.2) is 0 Å². The molecule has 1 rings (SSSR count). The van der Waals surface area contributed by atoms with E-state index in [4.69, 9.17) is 17.3 Å². The molecule has 0 saturated carbocycles. The highest BCUT2D eigenvalue weighted by Crippen LogP contribution is 2.38. The summed E-state index contributed by atoms with van der Waals surface area (Å²) in [4.78, 5) is 0. The van der Waals surface area contributed by atoms with Crippen LogP contribution < -0.4 is 5.73 Å². The highest BCUT2D eigenvalue weighted by molar-refractivity contribution is 6.30. The van der Waals surface area contributed by atoms with Gasteiger partial charge in [0.25, 0.3) is 0 Å². The number of aliphatic hydroxyl groups is 1. The summed E-state index contributed by atoms with van der Waals surface area (Å²) in [6.07, 6.45) is 0. The second-order valence-electron chi connectivity index (χ2n) is 4.67. The van der Waals surface area contributed by atoms with Crippen LogP contribution in [0.2, 0.25) is 5.02 Å². The molecule has 0 aliphatic heterocycles. The molecule has 0 bridgehead atoms. The molecule has 1 aromatic rings. The zero-order chi connectivity index (χ0) is 11.7. The van der Waals surface area contributed by atoms with Gasteiger partial charge in [0.05, 0.1) is 5.60 Å². The highest BCUT2D eigenvalue weighted by Gasteiger charge is 2.39. The van der Waals surface area contributed by atoms with E-state index in [1.807, 2.05) is 26.0 Å². The topological polar surface area (TPSA) is 46.2 Å². The first-order chi connectivity index (χ1) is 6.81. The van der Waals surface area contributed by atoms with E-state index in [9.17, 15) is 5.11 Å². The van der Waals surface area contributed by atoms with E-state index in [1.165, 1.54) is 0 Å². The van der Waals surface area contributed by atoms with E-state index in [0.29, 0.717) is 11.6 Å². The maximum atomic E-state index is 10.5. The predicted molar refractivity (Wildman–Crippen MR) is 63.9 cm³/mol. The van der Waals surface area contributed by atoms with Gasteiger partial charge in [0, 0.05) is 17.0 Å². The highest BCUT2D eigenvalue weighted by atomic mass is 35.5. The van der Waals surface area contributed by atoms with Crippen LogP contribution in [0.25, 0.3) is 0 Å². The number of benzene rings is 1. The Morgan fingerprint density at radius 3 is 2.40 bits per heavy atom. The van der Waals surface area contributed by atoms with E-state index >= 15 is 0 Å². The molecule has 0 amide bonds. The van der Waals surface area contributed by atoms with Crippen molar-refractivity contribution in [3.63, 3.8) is 0 Å². The number of halogens is 1. The molecular weight excluding hydrogens is 210 g/mol. The summed E-state index contributed by atoms with van der Waals surface area (Å²) in [5.74, 6) is 0. The maximum absolute atomic E-state index is 10.5. The van der Waals surface area contributed by atoms with Gasteiger partial charge in [-0.3, -0.25) is 0 Å². The van der Waals surface area contributed by atoms with Crippen molar-refractivity contribution >= 4 is 11.6 Å². The molecule has 1 aromatic carbocycles. The summed E-state index contributed by atoms with van der Waals surface area (Å²) < 4.78 is 0. The second-order valence-corrected chi connectivity index (χ2v) is 5.11. The van der Waals surface area contributed by atoms with Crippen molar-refractivity contribution in [2.24, 2.45) is 11.1 Å². The van der Waals surface area contributed by atoms with Crippen molar-refractivity contribution in [1.29, 1.82) is 0 Å². The molecule has 0 aromatic heterocycles. The Bertz CT molecular complexity index is 347. The Balaban J connectivity index is 3.16. The Kier molecular flexibility index (Phi) is 3.44. The first kappa shape index (κ1) is 12.5. The third kappa shape index (κ3) is 2.33. The SMILES string of the molecule is CC(C)(CN)C(C)(O)c1cccc(Cl)c1. The van der Waals surface area contributed by atoms with Gasteiger partial charge in [-0.25, -0.2) is 0 Å². The molecule has 0 heterocycles. The Labute approximate surface area is 96.1 Å². The number of hydrogen-bond donors (Lipinski definition) is 2. The van der Waals surface area contributed by atoms with Crippen LogP contribution in [0, 0.1) is 5.41 Å². The van der Waals surface area contributed by atoms with Gasteiger partial charge in [-0.1, -0.05) is 37.6 Å². The van der Waals surface area contributed by atoms with E-state index in [-0.39, 0.29) is 0 Å². The van der Waals surface area contributed by atoms with Crippen molar-refractivity contribution in [1.82, 2.24) is 0 Å². The molecule has 0 aliphatic carbocycles. The first-order valence-electron chi connectivity index (χ1n) is 5.00. The average Bonchev–Trinajstić information content (AvgIpc) is 2.17. The predicted octanol–water partition coefficient (Wildman–Crippen LogP) is 2.53. The van der Waals surface area contributed by atoms with Crippen LogP contribution in [-0.2, 0) is 5.60 Å². The number of rotatable bonds is 3. The van der Waals surface area contributed by atoms with Crippen LogP contribution in [0.3, 0.4) is 0 Å². The molecule has 1 unspecified atom stereocenters. The molecule has 84 valence electrons. The van der Waals surface area contributed by atoms with Gasteiger partial charge in [0.1, 0.15) is 0 Å². The quantitative estimate of drug-likeness (QED) is 0.834. The molecular formula is C12H18ClNO. The lowest BCUT2D eigenvalue weighted by molar-refractivity contribution is -0.0521. The molecule has 0 spiro atoms. The van der Waals surface area contributed by atoms with Crippen LogP contribution in [0.5, 0.6) is 0 Å². The van der Waals surface area contributed by atoms with Crippen LogP contribution in [-0.4, -0.2) is 11.7 Å². The van der Waals surface area contributed by atoms with Crippen molar-refractivity contribution in [2.75, 3.05) is 6.54 Å². The molecule has 1 atom stereocenters. The van der Waals surface area contributed by atoms with Gasteiger partial charge in [-0.2, -0.15) is 0 Å². The fourth-order valence-corrected chi connectivity index (χ4v) is 1.57. The lowest BCUT2D eigenvalue weighted by atomic mass is 9.72. The molecule has 15 heavy (non-hydrogen) atoms. The van der Waals surface area contributed by atoms with Gasteiger partial charge in [0.2, 0.25) is 0 Å². The molecule has 0 aliphatic rings. The Morgan fingerprint density at radius 1 is 1.33 bits per heavy atom. The lowest BCUT2D eigenvalue weighted by Gasteiger charge is -2.39. The minimum absolute atomic E-state index is 0.391. The second kappa shape index (κ2) is 4.12. The van der Waals surface area contributed by atoms with Crippen LogP contribution in [0.1, 0.15) is 26.3 Å². The smallest absolute Gasteiger partial charge is 0.0931 e. The third-order valence-corrected chi connectivity index (χ3v) is 3.45. The van der Waals surface area contributed by atoms with Crippen LogP contribution in [0.4, 0.5) is 0 Å². The Hall–Kier alpha value is -0.570. The standard InChI is InChI=1S/C12H18ClNO/c1-11(2,8-14)12(3,15)9-5-4-6-10(13)7-9/h4-7,15H,8,14H2,1-3H3. The maximum Gasteiger partial charge on any atom is 0.0931 e. The third-order valence-electron chi connectivity index (χ3n) is 3.21. The van der Waals surface area contributed by atoms with Crippen molar-refractivity contribution < 1.29 is 5.11 Å². The summed E-state index contributed by atoms with van der Waals surface area (Å²) in [5.41, 5.74) is 5.10. The number of nitrogens with two attached hydrogens (primary N) is 1. The van der Waals surface area contributed by atoms with Crippen LogP contribution in [0.15, 0.2) is 24.3 Å². The van der Waals surface area contributed by atoms with Gasteiger partial charge < -0.3 is 10.8 Å². The summed E-state index contributed by atoms with van der Waals surface area (Å²) in [6, 6.07) is 7.26. The molecule has 0 saturated heterocycles. The molecule has 3 N–H and O–H groups in total. The van der Waals surface area contributed by atoms with Gasteiger partial charge in [-0.05, 0) is 24.6 Å². The van der Waals surface area contributed by atoms with E-state index in [0.717, 1.165) is 5.56 Å². The first-order valence-corrected chi connectivity index (χ1v) is 5.37. The monoisotopic (exact) mass is 227 g/mol. The fraction of sp³-hybridized carbons (Fsp3) is 0.500. The summed E-state index contributed by atoms with van der Waals surface area (Å²) >= 11 is 5.90. The summed E-state index contributed by atoms with van der Waals surface area (Å²) in [6.45, 7) is 6.06. The van der Waals surface area contributed by atoms with E-state index in [1.54, 1.807) is 19.1 Å². The van der Waals surface area contributed by atoms with Crippen molar-refractivity contribution in [3.8, 4) is 0 Å². The Morgan fingerprint density at radius 2 is 1.93 bits per heavy atom. The van der Waals surface area contributed by atoms with Crippen molar-refractivity contribution in [2.45, 2.75) is 26.4 Å². The lowest BCUT2D eigenvalue weighted by Crippen LogP contribution is -2.44.